The number of rotatable bonds is 0. The minimum absolute atomic E-state index is 1.00. The van der Waals surface area contributed by atoms with Crippen LogP contribution in [0.25, 0.3) is 0 Å². The summed E-state index contributed by atoms with van der Waals surface area (Å²) in [6.07, 6.45) is 52.1. The molecule has 0 amide bonds. The molecular formula is C46H96N4O. The summed E-state index contributed by atoms with van der Waals surface area (Å²) in [5.41, 5.74) is 0. The van der Waals surface area contributed by atoms with Crippen LogP contribution in [0.2, 0.25) is 0 Å². The molecule has 0 aromatic carbocycles. The lowest BCUT2D eigenvalue weighted by Crippen LogP contribution is -2.21. The molecule has 0 unspecified atom stereocenters. The maximum absolute atomic E-state index is 5.07. The highest BCUT2D eigenvalue weighted by Gasteiger charge is 1.99. The monoisotopic (exact) mass is 721 g/mol. The molecule has 306 valence electrons. The Hall–Kier alpha value is -0.200. The van der Waals surface area contributed by atoms with E-state index in [0.29, 0.717) is 0 Å². The predicted octanol–water partition coefficient (Wildman–Crippen LogP) is 12.4. The third-order valence-electron chi connectivity index (χ3n) is 11.2. The van der Waals surface area contributed by atoms with Gasteiger partial charge in [-0.2, -0.15) is 0 Å². The third-order valence-corrected chi connectivity index (χ3v) is 11.2. The maximum Gasteiger partial charge on any atom is 0.0466 e. The van der Waals surface area contributed by atoms with Crippen LogP contribution in [0.1, 0.15) is 231 Å². The van der Waals surface area contributed by atoms with Crippen LogP contribution in [-0.2, 0) is 4.74 Å². The molecule has 3 saturated carbocycles. The fourth-order valence-corrected chi connectivity index (χ4v) is 7.61. The van der Waals surface area contributed by atoms with Gasteiger partial charge in [0.15, 0.2) is 0 Å². The van der Waals surface area contributed by atoms with E-state index in [0.717, 1.165) is 13.2 Å². The zero-order chi connectivity index (χ0) is 36.1. The van der Waals surface area contributed by atoms with Gasteiger partial charge in [-0.1, -0.05) is 161 Å². The summed E-state index contributed by atoms with van der Waals surface area (Å²) in [6, 6.07) is 0. The lowest BCUT2D eigenvalue weighted by molar-refractivity contribution is 0.0968. The highest BCUT2D eigenvalue weighted by Crippen LogP contribution is 2.16. The van der Waals surface area contributed by atoms with Crippen LogP contribution >= 0.6 is 0 Å². The van der Waals surface area contributed by atoms with Gasteiger partial charge < -0.3 is 26.0 Å². The summed E-state index contributed by atoms with van der Waals surface area (Å²) < 4.78 is 5.07. The second-order valence-corrected chi connectivity index (χ2v) is 16.3. The van der Waals surface area contributed by atoms with Crippen molar-refractivity contribution in [1.29, 1.82) is 0 Å². The minimum atomic E-state index is 1.00. The molecule has 5 heteroatoms. The maximum atomic E-state index is 5.07. The molecule has 8 aliphatic rings. The Bertz CT molecular complexity index is 385. The molecule has 8 fully saturated rings. The summed E-state index contributed by atoms with van der Waals surface area (Å²) >= 11 is 0. The molecular weight excluding hydrogens is 625 g/mol. The van der Waals surface area contributed by atoms with E-state index in [-0.39, 0.29) is 0 Å². The van der Waals surface area contributed by atoms with E-state index in [2.05, 4.69) is 21.3 Å². The number of ether oxygens (including phenoxy) is 1. The topological polar surface area (TPSA) is 57.3 Å². The Morgan fingerprint density at radius 1 is 0.157 bits per heavy atom. The fraction of sp³-hybridized carbons (Fsp3) is 1.00. The van der Waals surface area contributed by atoms with Gasteiger partial charge in [0.1, 0.15) is 0 Å². The molecule has 0 atom stereocenters. The largest absolute Gasteiger partial charge is 0.381 e. The molecule has 5 heterocycles. The molecule has 51 heavy (non-hydrogen) atoms. The Kier molecular flexibility index (Phi) is 44.0. The summed E-state index contributed by atoms with van der Waals surface area (Å²) in [5, 5.41) is 13.3. The zero-order valence-electron chi connectivity index (χ0n) is 34.9. The van der Waals surface area contributed by atoms with Crippen LogP contribution in [0.5, 0.6) is 0 Å². The Morgan fingerprint density at radius 3 is 0.412 bits per heavy atom. The first-order chi connectivity index (χ1) is 25.5. The van der Waals surface area contributed by atoms with Gasteiger partial charge in [0, 0.05) is 13.2 Å². The highest BCUT2D eigenvalue weighted by atomic mass is 16.5. The van der Waals surface area contributed by atoms with Crippen LogP contribution in [0.4, 0.5) is 0 Å². The van der Waals surface area contributed by atoms with Crippen molar-refractivity contribution in [2.45, 2.75) is 231 Å². The second-order valence-electron chi connectivity index (χ2n) is 16.3. The molecule has 4 N–H and O–H groups in total. The lowest BCUT2D eigenvalue weighted by Gasteiger charge is -2.08. The van der Waals surface area contributed by atoms with Crippen LogP contribution < -0.4 is 21.3 Å². The first kappa shape index (κ1) is 48.8. The van der Waals surface area contributed by atoms with Gasteiger partial charge in [0.2, 0.25) is 0 Å². The molecule has 3 aliphatic carbocycles. The van der Waals surface area contributed by atoms with Gasteiger partial charge in [-0.05, 0) is 123 Å². The SMILES string of the molecule is C1CCCC1.C1CCCCC1.C1CCCCCC1.C1CCCNCC1.C1CCCNCC1.C1CCCNCC1.C1CCNCC1.C1CCOCC1. The molecule has 0 bridgehead atoms. The van der Waals surface area contributed by atoms with Gasteiger partial charge in [-0.25, -0.2) is 0 Å². The predicted molar refractivity (Wildman–Crippen MR) is 229 cm³/mol. The van der Waals surface area contributed by atoms with Crippen molar-refractivity contribution in [2.75, 3.05) is 65.6 Å². The fourth-order valence-electron chi connectivity index (χ4n) is 7.61. The normalized spacial score (nSPS) is 24.0. The molecule has 5 saturated heterocycles. The Labute approximate surface area is 321 Å². The van der Waals surface area contributed by atoms with Gasteiger partial charge in [-0.15, -0.1) is 0 Å². The van der Waals surface area contributed by atoms with Crippen molar-refractivity contribution in [3.05, 3.63) is 0 Å². The Balaban J connectivity index is 0.000000292. The van der Waals surface area contributed by atoms with Gasteiger partial charge in [0.25, 0.3) is 0 Å². The lowest BCUT2D eigenvalue weighted by atomic mass is 10.0. The number of hydrogen-bond donors (Lipinski definition) is 4. The minimum Gasteiger partial charge on any atom is -0.381 e. The van der Waals surface area contributed by atoms with Crippen LogP contribution in [0, 0.1) is 0 Å². The first-order valence-corrected chi connectivity index (χ1v) is 23.9. The number of nitrogens with one attached hydrogen (secondary N) is 4. The van der Waals surface area contributed by atoms with E-state index in [1.54, 1.807) is 0 Å². The van der Waals surface area contributed by atoms with E-state index < -0.39 is 0 Å². The van der Waals surface area contributed by atoms with E-state index in [4.69, 9.17) is 4.74 Å². The van der Waals surface area contributed by atoms with E-state index in [9.17, 15) is 0 Å². The summed E-state index contributed by atoms with van der Waals surface area (Å²) in [5.74, 6) is 0. The van der Waals surface area contributed by atoms with Crippen LogP contribution in [-0.4, -0.2) is 65.6 Å². The van der Waals surface area contributed by atoms with Crippen LogP contribution in [0.15, 0.2) is 0 Å². The van der Waals surface area contributed by atoms with Crippen molar-refractivity contribution >= 4 is 0 Å². The van der Waals surface area contributed by atoms with E-state index >= 15 is 0 Å². The van der Waals surface area contributed by atoms with Gasteiger partial charge >= 0.3 is 0 Å². The molecule has 5 nitrogen and oxygen atoms in total. The first-order valence-electron chi connectivity index (χ1n) is 23.9. The quantitative estimate of drug-likeness (QED) is 0.188. The standard InChI is InChI=1S/C7H14.3C6H13N.C6H12.C5H11N.C5H10O.C5H10/c4*1-2-4-6-7-5-3-1;3*1-2-4-6-5-3-1;1-2-4-5-3-1/h1-7H2;3*7H,1-6H2;1-6H2;6H,1-5H2;1-5H2;1-5H2. The van der Waals surface area contributed by atoms with Crippen molar-refractivity contribution in [2.24, 2.45) is 0 Å². The average Bonchev–Trinajstić information content (AvgIpc) is 3.61. The van der Waals surface area contributed by atoms with Crippen molar-refractivity contribution in [1.82, 2.24) is 21.3 Å². The van der Waals surface area contributed by atoms with E-state index in [1.807, 2.05) is 0 Å². The number of piperidine rings is 1. The van der Waals surface area contributed by atoms with Crippen molar-refractivity contribution < 1.29 is 4.74 Å². The zero-order valence-corrected chi connectivity index (χ0v) is 34.9. The van der Waals surface area contributed by atoms with Crippen molar-refractivity contribution in [3.63, 3.8) is 0 Å². The molecule has 0 spiro atoms. The van der Waals surface area contributed by atoms with E-state index in [1.165, 1.54) is 284 Å². The number of hydrogen-bond acceptors (Lipinski definition) is 5. The molecule has 0 aromatic rings. The molecule has 8 rings (SSSR count). The summed E-state index contributed by atoms with van der Waals surface area (Å²) in [4.78, 5) is 0. The van der Waals surface area contributed by atoms with Gasteiger partial charge in [-0.3, -0.25) is 0 Å². The third kappa shape index (κ3) is 44.1. The summed E-state index contributed by atoms with van der Waals surface area (Å²) in [7, 11) is 0. The molecule has 0 aromatic heterocycles. The Morgan fingerprint density at radius 2 is 0.294 bits per heavy atom. The summed E-state index contributed by atoms with van der Waals surface area (Å²) in [6.45, 7) is 12.0. The molecule has 0 radical (unpaired) electrons. The average molecular weight is 721 g/mol. The second kappa shape index (κ2) is 46.0. The molecule has 5 aliphatic heterocycles. The van der Waals surface area contributed by atoms with Crippen LogP contribution in [0.3, 0.4) is 0 Å². The van der Waals surface area contributed by atoms with Gasteiger partial charge in [0.05, 0.1) is 0 Å². The highest BCUT2D eigenvalue weighted by molar-refractivity contribution is 4.57. The van der Waals surface area contributed by atoms with Crippen molar-refractivity contribution in [3.8, 4) is 0 Å². The smallest absolute Gasteiger partial charge is 0.0466 e.